The van der Waals surface area contributed by atoms with E-state index >= 15 is 0 Å². The van der Waals surface area contributed by atoms with Crippen molar-refractivity contribution in [2.45, 2.75) is 19.8 Å². The highest BCUT2D eigenvalue weighted by Gasteiger charge is 2.19. The maximum atomic E-state index is 12.1. The average Bonchev–Trinajstić information content (AvgIpc) is 2.99. The smallest absolute Gasteiger partial charge is 0.271 e. The number of hydrogen-bond donors (Lipinski definition) is 2. The molecule has 0 radical (unpaired) electrons. The van der Waals surface area contributed by atoms with Gasteiger partial charge in [0.1, 0.15) is 0 Å². The predicted octanol–water partition coefficient (Wildman–Crippen LogP) is 1.09. The molecule has 2 heterocycles. The van der Waals surface area contributed by atoms with Crippen molar-refractivity contribution in [3.05, 3.63) is 16.9 Å². The van der Waals surface area contributed by atoms with Crippen LogP contribution in [0.15, 0.2) is 6.20 Å². The second-order valence-corrected chi connectivity index (χ2v) is 5.47. The number of hydrogen-bond acceptors (Lipinski definition) is 5. The Kier molecular flexibility index (Phi) is 5.14. The molecule has 0 bridgehead atoms. The number of anilines is 1. The lowest BCUT2D eigenvalue weighted by Gasteiger charge is -2.16. The molecule has 2 rings (SSSR count). The van der Waals surface area contributed by atoms with Crippen LogP contribution in [0.25, 0.3) is 0 Å². The minimum Gasteiger partial charge on any atom is -0.396 e. The summed E-state index contributed by atoms with van der Waals surface area (Å²) in [6.45, 7) is 4.07. The first-order valence-electron chi connectivity index (χ1n) is 6.78. The van der Waals surface area contributed by atoms with E-state index in [0.29, 0.717) is 12.5 Å². The first kappa shape index (κ1) is 15.0. The summed E-state index contributed by atoms with van der Waals surface area (Å²) < 4.78 is 0. The molecule has 1 aromatic rings. The van der Waals surface area contributed by atoms with Crippen LogP contribution in [0.2, 0.25) is 5.02 Å². The lowest BCUT2D eigenvalue weighted by atomic mass is 10.2. The number of rotatable bonds is 5. The van der Waals surface area contributed by atoms with Crippen LogP contribution in [0.3, 0.4) is 0 Å². The third kappa shape index (κ3) is 3.58. The SMILES string of the molecule is CC(CO)CNC(=O)c1nc(N2CCCC2)ncc1Cl. The van der Waals surface area contributed by atoms with Gasteiger partial charge in [-0.2, -0.15) is 0 Å². The minimum atomic E-state index is -0.335. The molecule has 1 amide bonds. The number of nitrogens with zero attached hydrogens (tertiary/aromatic N) is 3. The van der Waals surface area contributed by atoms with Crippen LogP contribution in [0.5, 0.6) is 0 Å². The molecular formula is C13H19ClN4O2. The average molecular weight is 299 g/mol. The Bertz CT molecular complexity index is 477. The van der Waals surface area contributed by atoms with Crippen LogP contribution < -0.4 is 10.2 Å². The summed E-state index contributed by atoms with van der Waals surface area (Å²) in [7, 11) is 0. The van der Waals surface area contributed by atoms with Gasteiger partial charge in [-0.1, -0.05) is 18.5 Å². The molecule has 2 N–H and O–H groups in total. The number of aliphatic hydroxyl groups is 1. The van der Waals surface area contributed by atoms with E-state index in [9.17, 15) is 4.79 Å². The van der Waals surface area contributed by atoms with Crippen molar-refractivity contribution in [3.8, 4) is 0 Å². The number of carbonyl (C=O) groups is 1. The molecule has 0 aromatic carbocycles. The maximum absolute atomic E-state index is 12.1. The van der Waals surface area contributed by atoms with E-state index in [1.165, 1.54) is 6.20 Å². The summed E-state index contributed by atoms with van der Waals surface area (Å²) in [6.07, 6.45) is 3.69. The van der Waals surface area contributed by atoms with Gasteiger partial charge in [-0.15, -0.1) is 0 Å². The molecule has 0 aliphatic carbocycles. The van der Waals surface area contributed by atoms with E-state index in [1.54, 1.807) is 0 Å². The molecule has 1 aromatic heterocycles. The van der Waals surface area contributed by atoms with Crippen LogP contribution in [0.1, 0.15) is 30.3 Å². The highest BCUT2D eigenvalue weighted by molar-refractivity contribution is 6.33. The van der Waals surface area contributed by atoms with Crippen LogP contribution in [0, 0.1) is 5.92 Å². The Labute approximate surface area is 123 Å². The molecule has 1 unspecified atom stereocenters. The summed E-state index contributed by atoms with van der Waals surface area (Å²) in [4.78, 5) is 22.6. The van der Waals surface area contributed by atoms with E-state index in [1.807, 2.05) is 11.8 Å². The zero-order valence-electron chi connectivity index (χ0n) is 11.5. The monoisotopic (exact) mass is 298 g/mol. The first-order valence-corrected chi connectivity index (χ1v) is 7.16. The lowest BCUT2D eigenvalue weighted by molar-refractivity contribution is 0.0937. The maximum Gasteiger partial charge on any atom is 0.271 e. The lowest BCUT2D eigenvalue weighted by Crippen LogP contribution is -2.31. The standard InChI is InChI=1S/C13H19ClN4O2/c1-9(8-19)6-15-12(20)11-10(14)7-16-13(17-11)18-4-2-3-5-18/h7,9,19H,2-6,8H2,1H3,(H,15,20). The molecule has 1 atom stereocenters. The number of nitrogens with one attached hydrogen (secondary N) is 1. The molecule has 20 heavy (non-hydrogen) atoms. The molecule has 0 saturated carbocycles. The van der Waals surface area contributed by atoms with Crippen molar-refractivity contribution in [2.75, 3.05) is 31.1 Å². The minimum absolute atomic E-state index is 0.00221. The van der Waals surface area contributed by atoms with Crippen molar-refractivity contribution in [2.24, 2.45) is 5.92 Å². The quantitative estimate of drug-likeness (QED) is 0.851. The number of halogens is 1. The van der Waals surface area contributed by atoms with Gasteiger partial charge in [-0.25, -0.2) is 9.97 Å². The van der Waals surface area contributed by atoms with Gasteiger partial charge < -0.3 is 15.3 Å². The first-order chi connectivity index (χ1) is 9.61. The second kappa shape index (κ2) is 6.85. The van der Waals surface area contributed by atoms with Crippen molar-refractivity contribution in [1.82, 2.24) is 15.3 Å². The van der Waals surface area contributed by atoms with Crippen molar-refractivity contribution >= 4 is 23.5 Å². The van der Waals surface area contributed by atoms with Crippen LogP contribution in [-0.4, -0.2) is 47.2 Å². The van der Waals surface area contributed by atoms with E-state index in [4.69, 9.17) is 16.7 Å². The van der Waals surface area contributed by atoms with E-state index in [2.05, 4.69) is 15.3 Å². The van der Waals surface area contributed by atoms with Gasteiger partial charge in [0, 0.05) is 26.2 Å². The van der Waals surface area contributed by atoms with Gasteiger partial charge in [0.05, 0.1) is 11.2 Å². The Morgan fingerprint density at radius 3 is 2.90 bits per heavy atom. The fraction of sp³-hybridized carbons (Fsp3) is 0.615. The summed E-state index contributed by atoms with van der Waals surface area (Å²) in [5.41, 5.74) is 0.189. The van der Waals surface area contributed by atoms with Gasteiger partial charge >= 0.3 is 0 Å². The summed E-state index contributed by atoms with van der Waals surface area (Å²) in [5.74, 6) is 0.211. The number of aromatic nitrogens is 2. The third-order valence-corrected chi connectivity index (χ3v) is 3.53. The van der Waals surface area contributed by atoms with Crippen LogP contribution in [-0.2, 0) is 0 Å². The molecule has 6 nitrogen and oxygen atoms in total. The molecule has 1 fully saturated rings. The Morgan fingerprint density at radius 2 is 2.25 bits per heavy atom. The molecule has 1 saturated heterocycles. The molecule has 0 spiro atoms. The molecule has 110 valence electrons. The Morgan fingerprint density at radius 1 is 1.55 bits per heavy atom. The topological polar surface area (TPSA) is 78.3 Å². The molecule has 1 aliphatic rings. The zero-order valence-corrected chi connectivity index (χ0v) is 12.2. The van der Waals surface area contributed by atoms with Crippen molar-refractivity contribution < 1.29 is 9.90 Å². The summed E-state index contributed by atoms with van der Waals surface area (Å²) >= 11 is 5.99. The molecular weight excluding hydrogens is 280 g/mol. The zero-order chi connectivity index (χ0) is 14.5. The largest absolute Gasteiger partial charge is 0.396 e. The highest BCUT2D eigenvalue weighted by Crippen LogP contribution is 2.19. The summed E-state index contributed by atoms with van der Waals surface area (Å²) in [5, 5.41) is 11.9. The van der Waals surface area contributed by atoms with Crippen LogP contribution in [0.4, 0.5) is 5.95 Å². The fourth-order valence-electron chi connectivity index (χ4n) is 2.00. The van der Waals surface area contributed by atoms with Gasteiger partial charge in [0.15, 0.2) is 5.69 Å². The van der Waals surface area contributed by atoms with Gasteiger partial charge in [0.25, 0.3) is 5.91 Å². The normalized spacial score (nSPS) is 16.2. The molecule has 1 aliphatic heterocycles. The predicted molar refractivity (Wildman–Crippen MR) is 77.1 cm³/mol. The number of aliphatic hydroxyl groups excluding tert-OH is 1. The van der Waals surface area contributed by atoms with Crippen LogP contribution >= 0.6 is 11.6 Å². The molecule has 7 heteroatoms. The fourth-order valence-corrected chi connectivity index (χ4v) is 2.18. The van der Waals surface area contributed by atoms with Gasteiger partial charge in [0.2, 0.25) is 5.95 Å². The van der Waals surface area contributed by atoms with E-state index < -0.39 is 0 Å². The highest BCUT2D eigenvalue weighted by atomic mass is 35.5. The van der Waals surface area contributed by atoms with Crippen molar-refractivity contribution in [3.63, 3.8) is 0 Å². The summed E-state index contributed by atoms with van der Waals surface area (Å²) in [6, 6.07) is 0. The Balaban J connectivity index is 2.09. The second-order valence-electron chi connectivity index (χ2n) is 5.06. The van der Waals surface area contributed by atoms with Gasteiger partial charge in [-0.05, 0) is 18.8 Å². The Hall–Kier alpha value is -1.40. The van der Waals surface area contributed by atoms with Crippen molar-refractivity contribution in [1.29, 1.82) is 0 Å². The van der Waals surface area contributed by atoms with Gasteiger partial charge in [-0.3, -0.25) is 4.79 Å². The third-order valence-electron chi connectivity index (χ3n) is 3.26. The number of carbonyl (C=O) groups excluding carboxylic acids is 1. The van der Waals surface area contributed by atoms with E-state index in [0.717, 1.165) is 25.9 Å². The number of amides is 1. The van der Waals surface area contributed by atoms with E-state index in [-0.39, 0.29) is 29.1 Å².